The molecule has 0 heterocycles. The van der Waals surface area contributed by atoms with E-state index in [0.29, 0.717) is 18.6 Å². The van der Waals surface area contributed by atoms with E-state index in [9.17, 15) is 0 Å². The van der Waals surface area contributed by atoms with Crippen molar-refractivity contribution in [3.8, 4) is 0 Å². The van der Waals surface area contributed by atoms with E-state index in [-0.39, 0.29) is 0 Å². The van der Waals surface area contributed by atoms with Gasteiger partial charge >= 0.3 is 0 Å². The summed E-state index contributed by atoms with van der Waals surface area (Å²) in [5.74, 6) is 0.834. The van der Waals surface area contributed by atoms with Gasteiger partial charge in [-0.2, -0.15) is 0 Å². The minimum atomic E-state index is 0.294. The summed E-state index contributed by atoms with van der Waals surface area (Å²) in [6, 6.07) is 7.10. The molecule has 20 heavy (non-hydrogen) atoms. The molecule has 3 heteroatoms. The highest BCUT2D eigenvalue weighted by Crippen LogP contribution is 2.32. The molecule has 3 unspecified atom stereocenters. The molecule has 1 aromatic carbocycles. The van der Waals surface area contributed by atoms with Gasteiger partial charge in [-0.05, 0) is 56.0 Å². The van der Waals surface area contributed by atoms with E-state index in [1.807, 2.05) is 12.1 Å². The average molecular weight is 295 g/mol. The van der Waals surface area contributed by atoms with Crippen LogP contribution in [0.15, 0.2) is 18.2 Å². The van der Waals surface area contributed by atoms with Gasteiger partial charge in [0.25, 0.3) is 0 Å². The van der Waals surface area contributed by atoms with Crippen LogP contribution in [0.4, 0.5) is 0 Å². The Bertz CT molecular complexity index is 447. The number of likely N-dealkylation sites (N-methyl/N-ethyl adjacent to an activating group) is 1. The molecule has 0 aliphatic heterocycles. The van der Waals surface area contributed by atoms with E-state index < -0.39 is 0 Å². The summed E-state index contributed by atoms with van der Waals surface area (Å²) in [6.07, 6.45) is 5.30. The highest BCUT2D eigenvalue weighted by molar-refractivity contribution is 6.30. The third-order valence-corrected chi connectivity index (χ3v) is 5.03. The summed E-state index contributed by atoms with van der Waals surface area (Å²) in [5, 5.41) is 0.802. The molecule has 1 saturated carbocycles. The zero-order valence-electron chi connectivity index (χ0n) is 12.9. The van der Waals surface area contributed by atoms with E-state index in [0.717, 1.165) is 10.9 Å². The predicted octanol–water partition coefficient (Wildman–Crippen LogP) is 4.16. The van der Waals surface area contributed by atoms with Crippen molar-refractivity contribution in [1.29, 1.82) is 0 Å². The van der Waals surface area contributed by atoms with Gasteiger partial charge in [0.2, 0.25) is 0 Å². The van der Waals surface area contributed by atoms with Crippen molar-refractivity contribution in [3.63, 3.8) is 0 Å². The van der Waals surface area contributed by atoms with Crippen LogP contribution < -0.4 is 5.73 Å². The number of hydrogen-bond acceptors (Lipinski definition) is 2. The highest BCUT2D eigenvalue weighted by Gasteiger charge is 2.27. The van der Waals surface area contributed by atoms with E-state index in [4.69, 9.17) is 17.3 Å². The molecule has 0 spiro atoms. The average Bonchev–Trinajstić information content (AvgIpc) is 2.41. The maximum atomic E-state index is 6.08. The van der Waals surface area contributed by atoms with Crippen LogP contribution >= 0.6 is 11.6 Å². The normalized spacial score (nSPS) is 24.9. The van der Waals surface area contributed by atoms with Gasteiger partial charge in [0.1, 0.15) is 0 Å². The third-order valence-electron chi connectivity index (χ3n) is 4.79. The molecule has 112 valence electrons. The molecule has 0 amide bonds. The first kappa shape index (κ1) is 15.8. The van der Waals surface area contributed by atoms with Crippen molar-refractivity contribution in [1.82, 2.24) is 4.90 Å². The lowest BCUT2D eigenvalue weighted by molar-refractivity contribution is 0.121. The van der Waals surface area contributed by atoms with Crippen LogP contribution in [0.3, 0.4) is 0 Å². The number of nitrogens with two attached hydrogens (primary N) is 1. The van der Waals surface area contributed by atoms with Gasteiger partial charge in [0, 0.05) is 23.7 Å². The molecule has 2 nitrogen and oxygen atoms in total. The smallest absolute Gasteiger partial charge is 0.0472 e. The Morgan fingerprint density at radius 2 is 2.15 bits per heavy atom. The predicted molar refractivity (Wildman–Crippen MR) is 87.2 cm³/mol. The first-order valence-electron chi connectivity index (χ1n) is 7.71. The van der Waals surface area contributed by atoms with Crippen LogP contribution in [-0.2, 0) is 0 Å². The zero-order chi connectivity index (χ0) is 14.7. The highest BCUT2D eigenvalue weighted by atomic mass is 35.5. The second-order valence-corrected chi connectivity index (χ2v) is 6.78. The van der Waals surface area contributed by atoms with E-state index in [1.165, 1.54) is 36.8 Å². The summed E-state index contributed by atoms with van der Waals surface area (Å²) in [4.78, 5) is 2.49. The fourth-order valence-corrected chi connectivity index (χ4v) is 3.78. The van der Waals surface area contributed by atoms with E-state index in [1.54, 1.807) is 0 Å². The van der Waals surface area contributed by atoms with E-state index in [2.05, 4.69) is 31.9 Å². The third kappa shape index (κ3) is 3.55. The van der Waals surface area contributed by atoms with Crippen LogP contribution in [0.5, 0.6) is 0 Å². The Morgan fingerprint density at radius 1 is 1.40 bits per heavy atom. The molecule has 2 rings (SSSR count). The largest absolute Gasteiger partial charge is 0.329 e. The molecule has 3 atom stereocenters. The van der Waals surface area contributed by atoms with Crippen molar-refractivity contribution in [3.05, 3.63) is 34.3 Å². The van der Waals surface area contributed by atoms with Gasteiger partial charge in [-0.15, -0.1) is 0 Å². The second-order valence-electron chi connectivity index (χ2n) is 6.34. The fraction of sp³-hybridized carbons (Fsp3) is 0.647. The lowest BCUT2D eigenvalue weighted by atomic mass is 9.85. The van der Waals surface area contributed by atoms with E-state index >= 15 is 0 Å². The Kier molecular flexibility index (Phi) is 5.48. The Morgan fingerprint density at radius 3 is 2.75 bits per heavy atom. The van der Waals surface area contributed by atoms with Gasteiger partial charge in [-0.25, -0.2) is 0 Å². The number of rotatable bonds is 4. The molecule has 1 aliphatic rings. The van der Waals surface area contributed by atoms with Crippen LogP contribution in [0, 0.1) is 12.8 Å². The molecule has 0 radical (unpaired) electrons. The van der Waals surface area contributed by atoms with Gasteiger partial charge in [0.05, 0.1) is 0 Å². The van der Waals surface area contributed by atoms with Gasteiger partial charge in [0.15, 0.2) is 0 Å². The molecule has 1 aliphatic carbocycles. The first-order valence-corrected chi connectivity index (χ1v) is 8.08. The van der Waals surface area contributed by atoms with Crippen LogP contribution in [0.25, 0.3) is 0 Å². The van der Waals surface area contributed by atoms with Gasteiger partial charge < -0.3 is 5.73 Å². The van der Waals surface area contributed by atoms with Crippen LogP contribution in [0.2, 0.25) is 5.02 Å². The number of aryl methyl sites for hydroxylation is 1. The van der Waals surface area contributed by atoms with Crippen molar-refractivity contribution in [2.45, 2.75) is 51.6 Å². The second kappa shape index (κ2) is 6.93. The molecule has 1 fully saturated rings. The summed E-state index contributed by atoms with van der Waals surface area (Å²) in [7, 11) is 2.23. The van der Waals surface area contributed by atoms with Crippen molar-refractivity contribution >= 4 is 11.6 Å². The number of hydrogen-bond donors (Lipinski definition) is 1. The Balaban J connectivity index is 2.18. The lowest BCUT2D eigenvalue weighted by Gasteiger charge is -2.39. The zero-order valence-corrected chi connectivity index (χ0v) is 13.7. The minimum Gasteiger partial charge on any atom is -0.329 e. The van der Waals surface area contributed by atoms with Crippen molar-refractivity contribution in [2.24, 2.45) is 11.7 Å². The number of halogens is 1. The standard InChI is InChI=1S/C17H27ClN2/c1-12-5-4-6-15(9-12)20(3)17(11-19)16-8-7-14(18)10-13(16)2/h7-8,10,12,15,17H,4-6,9,11,19H2,1-3H3. The summed E-state index contributed by atoms with van der Waals surface area (Å²) in [5.41, 5.74) is 8.64. The quantitative estimate of drug-likeness (QED) is 0.903. The van der Waals surface area contributed by atoms with Crippen LogP contribution in [0.1, 0.15) is 49.8 Å². The summed E-state index contributed by atoms with van der Waals surface area (Å²) in [6.45, 7) is 5.15. The molecular weight excluding hydrogens is 268 g/mol. The Hall–Kier alpha value is -0.570. The maximum absolute atomic E-state index is 6.08. The molecule has 0 aromatic heterocycles. The lowest BCUT2D eigenvalue weighted by Crippen LogP contribution is -2.41. The number of nitrogens with zero attached hydrogens (tertiary/aromatic N) is 1. The monoisotopic (exact) mass is 294 g/mol. The van der Waals surface area contributed by atoms with Gasteiger partial charge in [-0.1, -0.05) is 37.4 Å². The van der Waals surface area contributed by atoms with Crippen molar-refractivity contribution in [2.75, 3.05) is 13.6 Å². The van der Waals surface area contributed by atoms with Crippen LogP contribution in [-0.4, -0.2) is 24.5 Å². The summed E-state index contributed by atoms with van der Waals surface area (Å²) >= 11 is 6.07. The molecule has 1 aromatic rings. The van der Waals surface area contributed by atoms with Crippen molar-refractivity contribution < 1.29 is 0 Å². The molecule has 2 N–H and O–H groups in total. The minimum absolute atomic E-state index is 0.294. The molecular formula is C17H27ClN2. The molecule has 0 saturated heterocycles. The van der Waals surface area contributed by atoms with Gasteiger partial charge in [-0.3, -0.25) is 4.90 Å². The maximum Gasteiger partial charge on any atom is 0.0472 e. The topological polar surface area (TPSA) is 29.3 Å². The summed E-state index contributed by atoms with van der Waals surface area (Å²) < 4.78 is 0. The molecule has 0 bridgehead atoms. The number of benzene rings is 1. The Labute approximate surface area is 128 Å². The first-order chi connectivity index (χ1) is 9.52. The fourth-order valence-electron chi connectivity index (χ4n) is 3.55. The SMILES string of the molecule is Cc1cc(Cl)ccc1C(CN)N(C)C1CCCC(C)C1.